The molecular formula is C20H22Cl2N8. The van der Waals surface area contributed by atoms with E-state index in [2.05, 4.69) is 40.1 Å². The molecule has 4 aromatic heterocycles. The molecule has 2 aliphatic heterocycles. The number of anilines is 1. The van der Waals surface area contributed by atoms with E-state index in [1.165, 1.54) is 25.6 Å². The molecular weight excluding hydrogens is 423 g/mol. The summed E-state index contributed by atoms with van der Waals surface area (Å²) in [7, 11) is 0. The van der Waals surface area contributed by atoms with Crippen molar-refractivity contribution < 1.29 is 0 Å². The van der Waals surface area contributed by atoms with E-state index >= 15 is 0 Å². The molecule has 8 nitrogen and oxygen atoms in total. The van der Waals surface area contributed by atoms with Crippen LogP contribution in [-0.2, 0) is 0 Å². The van der Waals surface area contributed by atoms with Gasteiger partial charge >= 0.3 is 0 Å². The van der Waals surface area contributed by atoms with Crippen LogP contribution in [-0.4, -0.2) is 56.1 Å². The second-order valence-electron chi connectivity index (χ2n) is 7.90. The molecule has 2 aliphatic rings. The SMILES string of the molecule is Clc1c[nH]c2ncnc(N3CCC4(CCNCC4)C3)c12.Clc1c[nH]c2ncncc12. The first-order chi connectivity index (χ1) is 14.7. The van der Waals surface area contributed by atoms with Gasteiger partial charge in [0.25, 0.3) is 0 Å². The summed E-state index contributed by atoms with van der Waals surface area (Å²) in [6.07, 6.45) is 12.1. The second kappa shape index (κ2) is 8.02. The average Bonchev–Trinajstić information content (AvgIpc) is 3.48. The Balaban J connectivity index is 0.000000161. The number of aromatic amines is 2. The molecule has 1 spiro atoms. The molecule has 0 bridgehead atoms. The van der Waals surface area contributed by atoms with Gasteiger partial charge in [-0.25, -0.2) is 19.9 Å². The van der Waals surface area contributed by atoms with E-state index in [0.717, 1.165) is 54.1 Å². The van der Waals surface area contributed by atoms with Crippen molar-refractivity contribution >= 4 is 51.1 Å². The number of halogens is 2. The minimum atomic E-state index is 0.464. The number of piperidine rings is 1. The Kier molecular flexibility index (Phi) is 5.22. The molecule has 2 saturated heterocycles. The lowest BCUT2D eigenvalue weighted by atomic mass is 9.78. The zero-order valence-corrected chi connectivity index (χ0v) is 17.8. The fourth-order valence-corrected chi connectivity index (χ4v) is 4.88. The van der Waals surface area contributed by atoms with Crippen molar-refractivity contribution in [2.24, 2.45) is 5.41 Å². The van der Waals surface area contributed by atoms with Gasteiger partial charge in [-0.05, 0) is 37.8 Å². The number of aromatic nitrogens is 6. The van der Waals surface area contributed by atoms with Crippen molar-refractivity contribution in [3.05, 3.63) is 41.3 Å². The Hall–Kier alpha value is -2.42. The molecule has 6 rings (SSSR count). The van der Waals surface area contributed by atoms with E-state index in [-0.39, 0.29) is 0 Å². The normalized spacial score (nSPS) is 18.1. The third-order valence-corrected chi connectivity index (χ3v) is 6.72. The maximum atomic E-state index is 6.29. The van der Waals surface area contributed by atoms with Gasteiger partial charge in [0.15, 0.2) is 0 Å². The standard InChI is InChI=1S/C14H18ClN5.C6H4ClN3/c15-10-7-17-12-11(10)13(19-9-18-12)20-6-3-14(8-20)1-4-16-5-2-14;7-5-2-9-6-4(5)1-8-3-10-6/h7,9,16H,1-6,8H2,(H,17,18,19);1-3H,(H,8,9,10). The molecule has 3 N–H and O–H groups in total. The highest BCUT2D eigenvalue weighted by Crippen LogP contribution is 2.41. The van der Waals surface area contributed by atoms with Gasteiger partial charge < -0.3 is 20.2 Å². The Morgan fingerprint density at radius 1 is 0.900 bits per heavy atom. The summed E-state index contributed by atoms with van der Waals surface area (Å²) in [5.74, 6) is 0.983. The summed E-state index contributed by atoms with van der Waals surface area (Å²) in [6.45, 7) is 4.42. The number of H-pyrrole nitrogens is 2. The monoisotopic (exact) mass is 444 g/mol. The molecule has 10 heteroatoms. The number of fused-ring (bicyclic) bond motifs is 2. The Morgan fingerprint density at radius 2 is 1.67 bits per heavy atom. The Labute approximate surface area is 183 Å². The van der Waals surface area contributed by atoms with Crippen LogP contribution < -0.4 is 10.2 Å². The van der Waals surface area contributed by atoms with E-state index < -0.39 is 0 Å². The first kappa shape index (κ1) is 19.5. The van der Waals surface area contributed by atoms with Crippen molar-refractivity contribution in [3.8, 4) is 0 Å². The molecule has 156 valence electrons. The predicted molar refractivity (Wildman–Crippen MR) is 119 cm³/mol. The van der Waals surface area contributed by atoms with Crippen LogP contribution in [0.4, 0.5) is 5.82 Å². The van der Waals surface area contributed by atoms with Crippen molar-refractivity contribution in [2.75, 3.05) is 31.1 Å². The van der Waals surface area contributed by atoms with E-state index in [1.54, 1.807) is 24.9 Å². The van der Waals surface area contributed by atoms with Crippen molar-refractivity contribution in [3.63, 3.8) is 0 Å². The number of hydrogen-bond acceptors (Lipinski definition) is 6. The predicted octanol–water partition coefficient (Wildman–Crippen LogP) is 3.80. The summed E-state index contributed by atoms with van der Waals surface area (Å²) < 4.78 is 0. The lowest BCUT2D eigenvalue weighted by molar-refractivity contribution is 0.232. The molecule has 4 aromatic rings. The van der Waals surface area contributed by atoms with E-state index in [0.29, 0.717) is 15.5 Å². The van der Waals surface area contributed by atoms with Crippen molar-refractivity contribution in [1.29, 1.82) is 0 Å². The third-order valence-electron chi connectivity index (χ3n) is 6.11. The van der Waals surface area contributed by atoms with Gasteiger partial charge in [-0.2, -0.15) is 0 Å². The van der Waals surface area contributed by atoms with Gasteiger partial charge in [0.2, 0.25) is 0 Å². The van der Waals surface area contributed by atoms with Gasteiger partial charge in [-0.3, -0.25) is 0 Å². The average molecular weight is 445 g/mol. The number of hydrogen-bond donors (Lipinski definition) is 3. The van der Waals surface area contributed by atoms with Crippen LogP contribution in [0.3, 0.4) is 0 Å². The largest absolute Gasteiger partial charge is 0.355 e. The quantitative estimate of drug-likeness (QED) is 0.412. The number of rotatable bonds is 1. The van der Waals surface area contributed by atoms with Crippen LogP contribution in [0, 0.1) is 5.41 Å². The maximum Gasteiger partial charge on any atom is 0.144 e. The number of nitrogens with zero attached hydrogens (tertiary/aromatic N) is 5. The molecule has 0 aliphatic carbocycles. The molecule has 0 aromatic carbocycles. The molecule has 0 amide bonds. The molecule has 6 heterocycles. The van der Waals surface area contributed by atoms with Crippen LogP contribution in [0.5, 0.6) is 0 Å². The summed E-state index contributed by atoms with van der Waals surface area (Å²) in [5, 5.41) is 6.65. The van der Waals surface area contributed by atoms with Crippen LogP contribution in [0.25, 0.3) is 22.1 Å². The topological polar surface area (TPSA) is 98.4 Å². The van der Waals surface area contributed by atoms with Gasteiger partial charge in [0.05, 0.1) is 20.8 Å². The molecule has 0 saturated carbocycles. The fourth-order valence-electron chi connectivity index (χ4n) is 4.46. The van der Waals surface area contributed by atoms with Crippen LogP contribution in [0.1, 0.15) is 19.3 Å². The summed E-state index contributed by atoms with van der Waals surface area (Å²) >= 11 is 12.0. The molecule has 0 unspecified atom stereocenters. The zero-order valence-electron chi connectivity index (χ0n) is 16.3. The van der Waals surface area contributed by atoms with Crippen LogP contribution in [0.15, 0.2) is 31.2 Å². The van der Waals surface area contributed by atoms with E-state index in [9.17, 15) is 0 Å². The first-order valence-corrected chi connectivity index (χ1v) is 10.8. The summed E-state index contributed by atoms with van der Waals surface area (Å²) in [4.78, 5) is 24.9. The minimum absolute atomic E-state index is 0.464. The lowest BCUT2D eigenvalue weighted by Crippen LogP contribution is -2.38. The van der Waals surface area contributed by atoms with E-state index in [1.807, 2.05) is 0 Å². The number of nitrogens with one attached hydrogen (secondary N) is 3. The molecule has 2 fully saturated rings. The Morgan fingerprint density at radius 3 is 2.50 bits per heavy atom. The zero-order chi connectivity index (χ0) is 20.6. The highest BCUT2D eigenvalue weighted by Gasteiger charge is 2.39. The first-order valence-electron chi connectivity index (χ1n) is 10.0. The highest BCUT2D eigenvalue weighted by molar-refractivity contribution is 6.36. The van der Waals surface area contributed by atoms with E-state index in [4.69, 9.17) is 23.2 Å². The summed E-state index contributed by atoms with van der Waals surface area (Å²) in [5.41, 5.74) is 2.07. The highest BCUT2D eigenvalue weighted by atomic mass is 35.5. The maximum absolute atomic E-state index is 6.29. The van der Waals surface area contributed by atoms with Gasteiger partial charge in [0, 0.05) is 31.7 Å². The van der Waals surface area contributed by atoms with Crippen molar-refractivity contribution in [1.82, 2.24) is 35.2 Å². The van der Waals surface area contributed by atoms with Crippen molar-refractivity contribution in [2.45, 2.75) is 19.3 Å². The van der Waals surface area contributed by atoms with Crippen LogP contribution >= 0.6 is 23.2 Å². The Bertz CT molecular complexity index is 1160. The van der Waals surface area contributed by atoms with Gasteiger partial charge in [0.1, 0.15) is 29.8 Å². The molecule has 30 heavy (non-hydrogen) atoms. The third kappa shape index (κ3) is 3.59. The van der Waals surface area contributed by atoms with Crippen LogP contribution in [0.2, 0.25) is 10.0 Å². The molecule has 0 atom stereocenters. The minimum Gasteiger partial charge on any atom is -0.355 e. The van der Waals surface area contributed by atoms with Gasteiger partial charge in [-0.1, -0.05) is 23.2 Å². The lowest BCUT2D eigenvalue weighted by Gasteiger charge is -2.33. The smallest absolute Gasteiger partial charge is 0.144 e. The second-order valence-corrected chi connectivity index (χ2v) is 8.72. The summed E-state index contributed by atoms with van der Waals surface area (Å²) in [6, 6.07) is 0. The fraction of sp³-hybridized carbons (Fsp3) is 0.400. The molecule has 0 radical (unpaired) electrons. The van der Waals surface area contributed by atoms with Gasteiger partial charge in [-0.15, -0.1) is 0 Å².